The van der Waals surface area contributed by atoms with E-state index in [0.717, 1.165) is 0 Å². The second-order valence-electron chi connectivity index (χ2n) is 5.74. The van der Waals surface area contributed by atoms with Crippen molar-refractivity contribution in [2.45, 2.75) is 19.9 Å². The zero-order valence-corrected chi connectivity index (χ0v) is 15.3. The minimum Gasteiger partial charge on any atom is -0.360 e. The Morgan fingerprint density at radius 1 is 1.31 bits per heavy atom. The predicted octanol–water partition coefficient (Wildman–Crippen LogP) is 1.85. The van der Waals surface area contributed by atoms with Crippen LogP contribution in [-0.2, 0) is 9.59 Å². The molecule has 0 aliphatic heterocycles. The Balaban J connectivity index is 1.89. The molecule has 0 aliphatic rings. The number of anilines is 1. The SMILES string of the molecule is Cc1cc(NC(=O)CN(C)C(=O)C(C)NC(=O)c2ccccc2Cl)no1. The number of carbonyl (C=O) groups excluding carboxylic acids is 3. The van der Waals surface area contributed by atoms with Gasteiger partial charge in [0.15, 0.2) is 5.82 Å². The molecule has 0 fully saturated rings. The Morgan fingerprint density at radius 2 is 2.00 bits per heavy atom. The zero-order chi connectivity index (χ0) is 19.3. The van der Waals surface area contributed by atoms with E-state index in [9.17, 15) is 14.4 Å². The van der Waals surface area contributed by atoms with Gasteiger partial charge in [-0.05, 0) is 26.0 Å². The first-order valence-corrected chi connectivity index (χ1v) is 8.19. The molecule has 0 saturated carbocycles. The van der Waals surface area contributed by atoms with Crippen molar-refractivity contribution in [2.24, 2.45) is 0 Å². The number of carbonyl (C=O) groups is 3. The molecule has 26 heavy (non-hydrogen) atoms. The minimum absolute atomic E-state index is 0.197. The molecule has 0 radical (unpaired) electrons. The quantitative estimate of drug-likeness (QED) is 0.798. The van der Waals surface area contributed by atoms with E-state index >= 15 is 0 Å². The van der Waals surface area contributed by atoms with Gasteiger partial charge in [-0.3, -0.25) is 14.4 Å². The van der Waals surface area contributed by atoms with Gasteiger partial charge in [-0.1, -0.05) is 28.9 Å². The van der Waals surface area contributed by atoms with Crippen LogP contribution in [0, 0.1) is 6.92 Å². The minimum atomic E-state index is -0.828. The third-order valence-electron chi connectivity index (χ3n) is 3.49. The molecule has 2 N–H and O–H groups in total. The van der Waals surface area contributed by atoms with Crippen molar-refractivity contribution in [3.8, 4) is 0 Å². The van der Waals surface area contributed by atoms with Gasteiger partial charge in [0.25, 0.3) is 5.91 Å². The highest BCUT2D eigenvalue weighted by Crippen LogP contribution is 2.14. The van der Waals surface area contributed by atoms with E-state index in [0.29, 0.717) is 10.8 Å². The molecule has 0 spiro atoms. The van der Waals surface area contributed by atoms with Crippen molar-refractivity contribution < 1.29 is 18.9 Å². The van der Waals surface area contributed by atoms with Gasteiger partial charge in [0.05, 0.1) is 17.1 Å². The lowest BCUT2D eigenvalue weighted by atomic mass is 10.2. The fourth-order valence-electron chi connectivity index (χ4n) is 2.21. The van der Waals surface area contributed by atoms with Crippen LogP contribution < -0.4 is 10.6 Å². The maximum Gasteiger partial charge on any atom is 0.253 e. The van der Waals surface area contributed by atoms with Crippen LogP contribution in [0.4, 0.5) is 5.82 Å². The third-order valence-corrected chi connectivity index (χ3v) is 3.82. The number of amides is 3. The fraction of sp³-hybridized carbons (Fsp3) is 0.294. The van der Waals surface area contributed by atoms with Gasteiger partial charge in [0.1, 0.15) is 11.8 Å². The molecule has 1 unspecified atom stereocenters. The molecule has 0 bridgehead atoms. The number of halogens is 1. The third kappa shape index (κ3) is 5.06. The first kappa shape index (κ1) is 19.5. The molecular weight excluding hydrogens is 360 g/mol. The maximum absolute atomic E-state index is 12.4. The van der Waals surface area contributed by atoms with E-state index in [-0.39, 0.29) is 17.9 Å². The Labute approximate surface area is 155 Å². The monoisotopic (exact) mass is 378 g/mol. The molecule has 138 valence electrons. The summed E-state index contributed by atoms with van der Waals surface area (Å²) in [6.07, 6.45) is 0. The van der Waals surface area contributed by atoms with Crippen molar-refractivity contribution in [1.82, 2.24) is 15.4 Å². The lowest BCUT2D eigenvalue weighted by Crippen LogP contribution is -2.47. The van der Waals surface area contributed by atoms with E-state index in [1.165, 1.54) is 18.9 Å². The van der Waals surface area contributed by atoms with Crippen LogP contribution >= 0.6 is 11.6 Å². The van der Waals surface area contributed by atoms with Gasteiger partial charge >= 0.3 is 0 Å². The molecule has 1 heterocycles. The van der Waals surface area contributed by atoms with E-state index in [4.69, 9.17) is 16.1 Å². The number of hydrogen-bond acceptors (Lipinski definition) is 5. The van der Waals surface area contributed by atoms with Crippen molar-refractivity contribution in [2.75, 3.05) is 18.9 Å². The van der Waals surface area contributed by atoms with E-state index < -0.39 is 23.8 Å². The number of nitrogens with one attached hydrogen (secondary N) is 2. The van der Waals surface area contributed by atoms with Gasteiger partial charge in [-0.2, -0.15) is 0 Å². The molecule has 8 nitrogen and oxygen atoms in total. The molecular formula is C17H19ClN4O4. The maximum atomic E-state index is 12.4. The molecule has 1 aromatic heterocycles. The largest absolute Gasteiger partial charge is 0.360 e. The smallest absolute Gasteiger partial charge is 0.253 e. The van der Waals surface area contributed by atoms with Crippen LogP contribution in [0.2, 0.25) is 5.02 Å². The van der Waals surface area contributed by atoms with Crippen LogP contribution in [0.15, 0.2) is 34.9 Å². The Hall–Kier alpha value is -2.87. The number of benzene rings is 1. The number of aromatic nitrogens is 1. The van der Waals surface area contributed by atoms with Crippen molar-refractivity contribution in [1.29, 1.82) is 0 Å². The summed E-state index contributed by atoms with van der Waals surface area (Å²) in [7, 11) is 1.47. The van der Waals surface area contributed by atoms with Crippen LogP contribution in [0.1, 0.15) is 23.0 Å². The van der Waals surface area contributed by atoms with Gasteiger partial charge in [0.2, 0.25) is 11.8 Å². The summed E-state index contributed by atoms with van der Waals surface area (Å²) in [5, 5.41) is 9.03. The lowest BCUT2D eigenvalue weighted by molar-refractivity contribution is -0.134. The normalized spacial score (nSPS) is 11.5. The zero-order valence-electron chi connectivity index (χ0n) is 14.6. The number of rotatable bonds is 6. The van der Waals surface area contributed by atoms with Gasteiger partial charge in [0, 0.05) is 13.1 Å². The van der Waals surface area contributed by atoms with E-state index in [1.807, 2.05) is 0 Å². The molecule has 0 saturated heterocycles. The van der Waals surface area contributed by atoms with E-state index in [1.54, 1.807) is 37.3 Å². The molecule has 2 rings (SSSR count). The average molecular weight is 379 g/mol. The molecule has 2 aromatic rings. The average Bonchev–Trinajstić information content (AvgIpc) is 2.98. The van der Waals surface area contributed by atoms with Crippen molar-refractivity contribution in [3.05, 3.63) is 46.7 Å². The molecule has 9 heteroatoms. The second kappa shape index (κ2) is 8.48. The highest BCUT2D eigenvalue weighted by Gasteiger charge is 2.22. The van der Waals surface area contributed by atoms with Gasteiger partial charge in [-0.25, -0.2) is 0 Å². The highest BCUT2D eigenvalue weighted by molar-refractivity contribution is 6.33. The van der Waals surface area contributed by atoms with Gasteiger partial charge < -0.3 is 20.1 Å². The first-order chi connectivity index (χ1) is 12.3. The first-order valence-electron chi connectivity index (χ1n) is 7.81. The van der Waals surface area contributed by atoms with Crippen molar-refractivity contribution in [3.63, 3.8) is 0 Å². The Bertz CT molecular complexity index is 821. The highest BCUT2D eigenvalue weighted by atomic mass is 35.5. The fourth-order valence-corrected chi connectivity index (χ4v) is 2.43. The number of likely N-dealkylation sites (N-methyl/N-ethyl adjacent to an activating group) is 1. The summed E-state index contributed by atoms with van der Waals surface area (Å²) in [4.78, 5) is 37.7. The van der Waals surface area contributed by atoms with E-state index in [2.05, 4.69) is 15.8 Å². The molecule has 3 amide bonds. The number of nitrogens with zero attached hydrogens (tertiary/aromatic N) is 2. The second-order valence-corrected chi connectivity index (χ2v) is 6.15. The van der Waals surface area contributed by atoms with Gasteiger partial charge in [-0.15, -0.1) is 0 Å². The number of aryl methyl sites for hydroxylation is 1. The summed E-state index contributed by atoms with van der Waals surface area (Å²) in [6, 6.07) is 7.26. The van der Waals surface area contributed by atoms with Crippen molar-refractivity contribution >= 4 is 35.1 Å². The summed E-state index contributed by atoms with van der Waals surface area (Å²) in [5.41, 5.74) is 0.274. The molecule has 1 atom stereocenters. The summed E-state index contributed by atoms with van der Waals surface area (Å²) >= 11 is 5.97. The summed E-state index contributed by atoms with van der Waals surface area (Å²) < 4.78 is 4.85. The summed E-state index contributed by atoms with van der Waals surface area (Å²) in [5.74, 6) is -0.489. The Kier molecular flexibility index (Phi) is 6.35. The Morgan fingerprint density at radius 3 is 2.62 bits per heavy atom. The van der Waals surface area contributed by atoms with Crippen LogP contribution in [0.3, 0.4) is 0 Å². The topological polar surface area (TPSA) is 105 Å². The molecule has 0 aliphatic carbocycles. The molecule has 1 aromatic carbocycles. The lowest BCUT2D eigenvalue weighted by Gasteiger charge is -2.21. The van der Waals surface area contributed by atoms with Crippen LogP contribution in [-0.4, -0.2) is 47.4 Å². The predicted molar refractivity (Wildman–Crippen MR) is 95.9 cm³/mol. The van der Waals surface area contributed by atoms with Crippen LogP contribution in [0.5, 0.6) is 0 Å². The standard InChI is InChI=1S/C17H19ClN4O4/c1-10-8-14(21-26-10)20-15(23)9-22(3)17(25)11(2)19-16(24)12-6-4-5-7-13(12)18/h4-8,11H,9H2,1-3H3,(H,19,24)(H,20,21,23). The number of hydrogen-bond donors (Lipinski definition) is 2. The summed E-state index contributed by atoms with van der Waals surface area (Å²) in [6.45, 7) is 3.03. The van der Waals surface area contributed by atoms with Crippen LogP contribution in [0.25, 0.3) is 0 Å².